The molecule has 0 aliphatic carbocycles. The van der Waals surface area contributed by atoms with Gasteiger partial charge in [-0.25, -0.2) is 0 Å². The van der Waals surface area contributed by atoms with Crippen molar-refractivity contribution in [3.05, 3.63) is 39.8 Å². The fraction of sp³-hybridized carbons (Fsp3) is 0.417. The predicted octanol–water partition coefficient (Wildman–Crippen LogP) is 2.50. The van der Waals surface area contributed by atoms with Crippen molar-refractivity contribution in [1.82, 2.24) is 15.5 Å². The number of nitrogens with one attached hydrogen (secondary N) is 2. The molecule has 0 fully saturated rings. The van der Waals surface area contributed by atoms with Gasteiger partial charge in [0.1, 0.15) is 0 Å². The number of hydrogen-bond donors (Lipinski definition) is 2. The van der Waals surface area contributed by atoms with Crippen LogP contribution in [0, 0.1) is 6.92 Å². The Morgan fingerprint density at radius 1 is 1.44 bits per heavy atom. The van der Waals surface area contributed by atoms with Gasteiger partial charge in [0.2, 0.25) is 0 Å². The Morgan fingerprint density at radius 3 is 2.94 bits per heavy atom. The number of aromatic amines is 1. The van der Waals surface area contributed by atoms with Crippen LogP contribution in [-0.4, -0.2) is 16.2 Å². The number of thiophene rings is 1. The Balaban J connectivity index is 1.78. The Morgan fingerprint density at radius 2 is 2.31 bits per heavy atom. The first-order chi connectivity index (χ1) is 7.74. The van der Waals surface area contributed by atoms with Crippen molar-refractivity contribution in [1.29, 1.82) is 0 Å². The molecule has 2 rings (SSSR count). The van der Waals surface area contributed by atoms with E-state index in [1.807, 2.05) is 17.4 Å². The Hall–Kier alpha value is -1.13. The van der Waals surface area contributed by atoms with E-state index in [-0.39, 0.29) is 0 Å². The third kappa shape index (κ3) is 3.18. The molecule has 2 aromatic heterocycles. The molecule has 0 saturated heterocycles. The van der Waals surface area contributed by atoms with Crippen molar-refractivity contribution in [2.75, 3.05) is 0 Å². The fourth-order valence-electron chi connectivity index (χ4n) is 1.64. The summed E-state index contributed by atoms with van der Waals surface area (Å²) in [6, 6.07) is 6.88. The normalized spacial score (nSPS) is 12.9. The van der Waals surface area contributed by atoms with Gasteiger partial charge in [-0.15, -0.1) is 11.3 Å². The van der Waals surface area contributed by atoms with Crippen LogP contribution in [0.1, 0.15) is 22.4 Å². The minimum absolute atomic E-state index is 0.487. The highest BCUT2D eigenvalue weighted by Gasteiger charge is 2.05. The van der Waals surface area contributed by atoms with E-state index in [2.05, 4.69) is 41.5 Å². The van der Waals surface area contributed by atoms with Crippen LogP contribution in [0.4, 0.5) is 0 Å². The minimum Gasteiger partial charge on any atom is -0.308 e. The average molecular weight is 235 g/mol. The van der Waals surface area contributed by atoms with E-state index in [0.717, 1.165) is 18.7 Å². The van der Waals surface area contributed by atoms with Crippen LogP contribution in [0.15, 0.2) is 24.4 Å². The molecule has 0 bridgehead atoms. The van der Waals surface area contributed by atoms with Gasteiger partial charge in [-0.1, -0.05) is 0 Å². The SMILES string of the molecule is Cc1ccc(CC(C)NCc2ccn[nH]2)s1. The van der Waals surface area contributed by atoms with Crippen LogP contribution in [0.5, 0.6) is 0 Å². The lowest BCUT2D eigenvalue weighted by Crippen LogP contribution is -2.27. The maximum atomic E-state index is 3.92. The zero-order chi connectivity index (χ0) is 11.4. The van der Waals surface area contributed by atoms with Gasteiger partial charge in [0.15, 0.2) is 0 Å². The summed E-state index contributed by atoms with van der Waals surface area (Å²) in [5.74, 6) is 0. The lowest BCUT2D eigenvalue weighted by atomic mass is 10.2. The van der Waals surface area contributed by atoms with E-state index in [1.54, 1.807) is 6.20 Å². The van der Waals surface area contributed by atoms with E-state index < -0.39 is 0 Å². The van der Waals surface area contributed by atoms with Crippen molar-refractivity contribution in [3.63, 3.8) is 0 Å². The number of H-pyrrole nitrogens is 1. The summed E-state index contributed by atoms with van der Waals surface area (Å²) in [7, 11) is 0. The number of hydrogen-bond acceptors (Lipinski definition) is 3. The van der Waals surface area contributed by atoms with E-state index in [0.29, 0.717) is 6.04 Å². The van der Waals surface area contributed by atoms with Gasteiger partial charge in [-0.05, 0) is 38.5 Å². The topological polar surface area (TPSA) is 40.7 Å². The van der Waals surface area contributed by atoms with Crippen molar-refractivity contribution >= 4 is 11.3 Å². The second-order valence-corrected chi connectivity index (χ2v) is 5.45. The molecule has 86 valence electrons. The molecule has 0 saturated carbocycles. The Bertz CT molecular complexity index is 419. The zero-order valence-electron chi connectivity index (χ0n) is 9.66. The van der Waals surface area contributed by atoms with Crippen LogP contribution in [-0.2, 0) is 13.0 Å². The van der Waals surface area contributed by atoms with Crippen molar-refractivity contribution in [3.8, 4) is 0 Å². The van der Waals surface area contributed by atoms with Crippen molar-refractivity contribution in [2.45, 2.75) is 32.9 Å². The van der Waals surface area contributed by atoms with Crippen LogP contribution in [0.2, 0.25) is 0 Å². The molecule has 2 aromatic rings. The minimum atomic E-state index is 0.487. The first-order valence-corrected chi connectivity index (χ1v) is 6.32. The summed E-state index contributed by atoms with van der Waals surface area (Å²) in [5.41, 5.74) is 1.13. The number of aryl methyl sites for hydroxylation is 1. The summed E-state index contributed by atoms with van der Waals surface area (Å²) in [4.78, 5) is 2.83. The maximum Gasteiger partial charge on any atom is 0.0490 e. The summed E-state index contributed by atoms with van der Waals surface area (Å²) >= 11 is 1.88. The van der Waals surface area contributed by atoms with E-state index in [9.17, 15) is 0 Å². The highest BCUT2D eigenvalue weighted by Crippen LogP contribution is 2.16. The third-order valence-corrected chi connectivity index (χ3v) is 3.53. The standard InChI is InChI=1S/C12H17N3S/c1-9(7-12-4-3-10(2)16-12)13-8-11-5-6-14-15-11/h3-6,9,13H,7-8H2,1-2H3,(H,14,15). The molecule has 2 heterocycles. The summed E-state index contributed by atoms with van der Waals surface area (Å²) in [6.45, 7) is 5.22. The first-order valence-electron chi connectivity index (χ1n) is 5.51. The predicted molar refractivity (Wildman–Crippen MR) is 67.6 cm³/mol. The Kier molecular flexibility index (Phi) is 3.74. The molecule has 4 heteroatoms. The summed E-state index contributed by atoms with van der Waals surface area (Å²) in [5, 5.41) is 10.4. The number of aromatic nitrogens is 2. The van der Waals surface area contributed by atoms with Gasteiger partial charge in [0.05, 0.1) is 0 Å². The molecule has 1 atom stereocenters. The molecule has 0 aliphatic heterocycles. The molecule has 0 aliphatic rings. The van der Waals surface area contributed by atoms with E-state index >= 15 is 0 Å². The second kappa shape index (κ2) is 5.27. The largest absolute Gasteiger partial charge is 0.308 e. The molecule has 3 nitrogen and oxygen atoms in total. The lowest BCUT2D eigenvalue weighted by molar-refractivity contribution is 0.542. The molecule has 0 amide bonds. The number of rotatable bonds is 5. The van der Waals surface area contributed by atoms with Crippen LogP contribution in [0.3, 0.4) is 0 Å². The first kappa shape index (κ1) is 11.4. The highest BCUT2D eigenvalue weighted by molar-refractivity contribution is 7.11. The fourth-order valence-corrected chi connectivity index (χ4v) is 2.66. The van der Waals surface area contributed by atoms with Crippen molar-refractivity contribution < 1.29 is 0 Å². The Labute approximate surface area is 99.9 Å². The average Bonchev–Trinajstić information content (AvgIpc) is 2.87. The van der Waals surface area contributed by atoms with Gasteiger partial charge >= 0.3 is 0 Å². The molecule has 0 aromatic carbocycles. The molecule has 0 spiro atoms. The highest BCUT2D eigenvalue weighted by atomic mass is 32.1. The monoisotopic (exact) mass is 235 g/mol. The van der Waals surface area contributed by atoms with Crippen molar-refractivity contribution in [2.24, 2.45) is 0 Å². The van der Waals surface area contributed by atoms with E-state index in [4.69, 9.17) is 0 Å². The third-order valence-electron chi connectivity index (χ3n) is 2.50. The van der Waals surface area contributed by atoms with Crippen LogP contribution in [0.25, 0.3) is 0 Å². The van der Waals surface area contributed by atoms with Gasteiger partial charge < -0.3 is 5.32 Å². The van der Waals surface area contributed by atoms with Gasteiger partial charge in [-0.3, -0.25) is 5.10 Å². The maximum absolute atomic E-state index is 3.92. The number of nitrogens with zero attached hydrogens (tertiary/aromatic N) is 1. The smallest absolute Gasteiger partial charge is 0.0490 e. The molecule has 2 N–H and O–H groups in total. The molecular weight excluding hydrogens is 218 g/mol. The quantitative estimate of drug-likeness (QED) is 0.836. The van der Waals surface area contributed by atoms with E-state index in [1.165, 1.54) is 9.75 Å². The summed E-state index contributed by atoms with van der Waals surface area (Å²) in [6.07, 6.45) is 2.87. The lowest BCUT2D eigenvalue weighted by Gasteiger charge is -2.11. The zero-order valence-corrected chi connectivity index (χ0v) is 10.5. The van der Waals surface area contributed by atoms with Crippen LogP contribution >= 0.6 is 11.3 Å². The second-order valence-electron chi connectivity index (χ2n) is 4.08. The molecule has 1 unspecified atom stereocenters. The van der Waals surface area contributed by atoms with Gasteiger partial charge in [0, 0.05) is 34.2 Å². The molecular formula is C12H17N3S. The molecule has 0 radical (unpaired) electrons. The van der Waals surface area contributed by atoms with Gasteiger partial charge in [0.25, 0.3) is 0 Å². The van der Waals surface area contributed by atoms with Crippen LogP contribution < -0.4 is 5.32 Å². The van der Waals surface area contributed by atoms with Gasteiger partial charge in [-0.2, -0.15) is 5.10 Å². The molecule has 16 heavy (non-hydrogen) atoms. The summed E-state index contributed by atoms with van der Waals surface area (Å²) < 4.78 is 0.